The summed E-state index contributed by atoms with van der Waals surface area (Å²) < 4.78 is 6.14. The van der Waals surface area contributed by atoms with Crippen LogP contribution in [0.15, 0.2) is 40.8 Å². The zero-order valence-electron chi connectivity index (χ0n) is 9.69. The summed E-state index contributed by atoms with van der Waals surface area (Å²) in [5.41, 5.74) is 2.58. The predicted molar refractivity (Wildman–Crippen MR) is 62.1 cm³/mol. The Hall–Kier alpha value is -1.43. The standard InChI is InChI=1S/C14H12O2.Cr/c1-10(15)14-11(2)16-9-8-13(14)12-6-4-3-5-7-12;/h3-8H,1-2H3;. The monoisotopic (exact) mass is 264 g/mol. The van der Waals surface area contributed by atoms with E-state index in [0.717, 1.165) is 11.1 Å². The first-order valence-electron chi connectivity index (χ1n) is 5.30. The molecule has 0 aliphatic heterocycles. The van der Waals surface area contributed by atoms with E-state index < -0.39 is 0 Å². The van der Waals surface area contributed by atoms with Crippen molar-refractivity contribution in [3.05, 3.63) is 51.9 Å². The third-order valence-electron chi connectivity index (χ3n) is 2.57. The second kappa shape index (κ2) is 4.83. The van der Waals surface area contributed by atoms with Crippen LogP contribution in [-0.4, -0.2) is 5.78 Å². The number of carbonyl (C=O) groups is 1. The van der Waals surface area contributed by atoms with Gasteiger partial charge in [-0.1, -0.05) is 0 Å². The van der Waals surface area contributed by atoms with Crippen LogP contribution < -0.4 is 0 Å². The van der Waals surface area contributed by atoms with Crippen molar-refractivity contribution in [1.82, 2.24) is 0 Å². The van der Waals surface area contributed by atoms with Gasteiger partial charge in [0.2, 0.25) is 0 Å². The third-order valence-corrected chi connectivity index (χ3v) is 2.89. The van der Waals surface area contributed by atoms with Gasteiger partial charge >= 0.3 is 108 Å². The molecule has 2 nitrogen and oxygen atoms in total. The van der Waals surface area contributed by atoms with Crippen molar-refractivity contribution < 1.29 is 25.1 Å². The normalized spacial score (nSPS) is 10.2. The van der Waals surface area contributed by atoms with E-state index in [4.69, 9.17) is 4.42 Å². The number of hydrogen-bond acceptors (Lipinski definition) is 2. The van der Waals surface area contributed by atoms with Crippen molar-refractivity contribution in [2.75, 3.05) is 0 Å². The molecule has 0 spiro atoms. The number of rotatable bonds is 2. The first kappa shape index (κ1) is 12.0. The Balaban J connectivity index is 2.77. The second-order valence-corrected chi connectivity index (χ2v) is 4.46. The molecule has 0 fully saturated rings. The van der Waals surface area contributed by atoms with Gasteiger partial charge in [0.15, 0.2) is 0 Å². The molecule has 0 atom stereocenters. The molecule has 1 heterocycles. The Morgan fingerprint density at radius 3 is 2.47 bits per heavy atom. The Kier molecular flexibility index (Phi) is 3.42. The first-order chi connectivity index (χ1) is 8.09. The SMILES string of the molecule is CC(=O)c1c(-c2ccccc2)c[c](=[Cr])oc1C. The first-order valence-corrected chi connectivity index (χ1v) is 5.94. The van der Waals surface area contributed by atoms with Crippen molar-refractivity contribution in [2.24, 2.45) is 0 Å². The van der Waals surface area contributed by atoms with E-state index in [1.807, 2.05) is 43.3 Å². The molecule has 0 aliphatic carbocycles. The van der Waals surface area contributed by atoms with E-state index in [1.165, 1.54) is 0 Å². The van der Waals surface area contributed by atoms with Crippen molar-refractivity contribution in [2.45, 2.75) is 13.8 Å². The van der Waals surface area contributed by atoms with Gasteiger partial charge in [0.05, 0.1) is 0 Å². The molecular weight excluding hydrogens is 252 g/mol. The van der Waals surface area contributed by atoms with Crippen LogP contribution in [0.2, 0.25) is 0 Å². The van der Waals surface area contributed by atoms with Crippen molar-refractivity contribution in [3.8, 4) is 11.1 Å². The summed E-state index contributed by atoms with van der Waals surface area (Å²) in [5, 5.41) is 0. The zero-order chi connectivity index (χ0) is 12.4. The molecule has 0 N–H and O–H groups in total. The van der Waals surface area contributed by atoms with Gasteiger partial charge in [0.1, 0.15) is 0 Å². The van der Waals surface area contributed by atoms with Gasteiger partial charge in [-0.25, -0.2) is 0 Å². The van der Waals surface area contributed by atoms with Crippen molar-refractivity contribution >= 4 is 5.78 Å². The average molecular weight is 264 g/mol. The van der Waals surface area contributed by atoms with Gasteiger partial charge in [0, 0.05) is 0 Å². The van der Waals surface area contributed by atoms with Gasteiger partial charge in [-0.3, -0.25) is 0 Å². The van der Waals surface area contributed by atoms with E-state index in [9.17, 15) is 4.79 Å². The molecule has 0 unspecified atom stereocenters. The molecule has 0 bridgehead atoms. The number of Topliss-reactive ketones (excluding diaryl/α,β-unsaturated/α-hetero) is 1. The quantitative estimate of drug-likeness (QED) is 0.777. The fraction of sp³-hybridized carbons (Fsp3) is 0.143. The number of benzene rings is 1. The molecule has 2 aromatic rings. The third kappa shape index (κ3) is 2.46. The number of aryl methyl sites for hydroxylation is 1. The zero-order valence-corrected chi connectivity index (χ0v) is 11.0. The Morgan fingerprint density at radius 2 is 1.88 bits per heavy atom. The van der Waals surface area contributed by atoms with E-state index in [2.05, 4.69) is 15.9 Å². The summed E-state index contributed by atoms with van der Waals surface area (Å²) in [5.74, 6) is 0.665. The summed E-state index contributed by atoms with van der Waals surface area (Å²) in [7, 11) is 0. The van der Waals surface area contributed by atoms with E-state index in [-0.39, 0.29) is 5.78 Å². The Morgan fingerprint density at radius 1 is 1.24 bits per heavy atom. The fourth-order valence-corrected chi connectivity index (χ4v) is 2.27. The molecule has 1 aromatic heterocycles. The summed E-state index contributed by atoms with van der Waals surface area (Å²) in [6, 6.07) is 11.7. The molecule has 0 amide bonds. The van der Waals surface area contributed by atoms with Crippen LogP contribution in [0, 0.1) is 11.1 Å². The predicted octanol–water partition coefficient (Wildman–Crippen LogP) is 3.54. The molecule has 0 saturated heterocycles. The summed E-state index contributed by atoms with van der Waals surface area (Å²) >= 11 is 2.84. The molecule has 2 rings (SSSR count). The van der Waals surface area contributed by atoms with Crippen LogP contribution in [0.3, 0.4) is 0 Å². The maximum atomic E-state index is 11.7. The number of carbonyl (C=O) groups excluding carboxylic acids is 1. The topological polar surface area (TPSA) is 30.2 Å². The summed E-state index contributed by atoms with van der Waals surface area (Å²) in [4.78, 5) is 11.7. The van der Waals surface area contributed by atoms with Crippen molar-refractivity contribution in [3.63, 3.8) is 0 Å². The van der Waals surface area contributed by atoms with Gasteiger partial charge < -0.3 is 0 Å². The van der Waals surface area contributed by atoms with E-state index >= 15 is 0 Å². The van der Waals surface area contributed by atoms with Crippen molar-refractivity contribution in [1.29, 1.82) is 0 Å². The molecule has 0 aliphatic rings. The second-order valence-electron chi connectivity index (χ2n) is 3.83. The molecular formula is C14H12CrO2. The van der Waals surface area contributed by atoms with E-state index in [1.54, 1.807) is 6.92 Å². The van der Waals surface area contributed by atoms with Crippen LogP contribution in [0.25, 0.3) is 11.1 Å². The van der Waals surface area contributed by atoms with Gasteiger partial charge in [-0.2, -0.15) is 0 Å². The minimum absolute atomic E-state index is 0.0186. The van der Waals surface area contributed by atoms with Crippen LogP contribution in [0.1, 0.15) is 23.0 Å². The molecule has 1 aromatic carbocycles. The number of hydrogen-bond donors (Lipinski definition) is 0. The van der Waals surface area contributed by atoms with Crippen LogP contribution in [0.5, 0.6) is 0 Å². The summed E-state index contributed by atoms with van der Waals surface area (Å²) in [6.45, 7) is 3.37. The van der Waals surface area contributed by atoms with Gasteiger partial charge in [-0.05, 0) is 0 Å². The average Bonchev–Trinajstić information content (AvgIpc) is 2.28. The molecule has 17 heavy (non-hydrogen) atoms. The molecule has 3 heteroatoms. The molecule has 0 saturated carbocycles. The minimum atomic E-state index is 0.0186. The Labute approximate surface area is 108 Å². The summed E-state index contributed by atoms with van der Waals surface area (Å²) in [6.07, 6.45) is 0. The van der Waals surface area contributed by atoms with Gasteiger partial charge in [-0.15, -0.1) is 0 Å². The van der Waals surface area contributed by atoms with Gasteiger partial charge in [0.25, 0.3) is 0 Å². The van der Waals surface area contributed by atoms with Crippen LogP contribution >= 0.6 is 0 Å². The maximum absolute atomic E-state index is 11.7. The number of ketones is 1. The van der Waals surface area contributed by atoms with Crippen LogP contribution in [-0.2, 0) is 15.9 Å². The van der Waals surface area contributed by atoms with Crippen LogP contribution in [0.4, 0.5) is 0 Å². The molecule has 86 valence electrons. The fourth-order valence-electron chi connectivity index (χ4n) is 1.89. The molecule has 0 radical (unpaired) electrons. The Bertz CT molecular complexity index is 612. The van der Waals surface area contributed by atoms with E-state index in [0.29, 0.717) is 15.5 Å².